The van der Waals surface area contributed by atoms with Gasteiger partial charge in [-0.1, -0.05) is 48.2 Å². The second kappa shape index (κ2) is 9.54. The summed E-state index contributed by atoms with van der Waals surface area (Å²) >= 11 is 1.15. The zero-order valence-electron chi connectivity index (χ0n) is 19.8. The first-order chi connectivity index (χ1) is 17.0. The van der Waals surface area contributed by atoms with Crippen molar-refractivity contribution in [3.63, 3.8) is 0 Å². The lowest BCUT2D eigenvalue weighted by Gasteiger charge is -2.44. The van der Waals surface area contributed by atoms with Gasteiger partial charge in [0.05, 0.1) is 24.8 Å². The number of para-hydroxylation sites is 1. The van der Waals surface area contributed by atoms with E-state index in [0.29, 0.717) is 43.0 Å². The largest absolute Gasteiger partial charge is 0.496 e. The number of benzene rings is 2. The van der Waals surface area contributed by atoms with Crippen molar-refractivity contribution in [1.82, 2.24) is 15.5 Å². The second-order valence-electron chi connectivity index (χ2n) is 9.17. The van der Waals surface area contributed by atoms with Crippen LogP contribution in [0.1, 0.15) is 40.4 Å². The summed E-state index contributed by atoms with van der Waals surface area (Å²) in [5, 5.41) is 5.82. The SMILES string of the molecule is COc1ccccc1C(=O)N[C@@H]1c2ccccc2C2(CCN(C(=O)[C@@H]3CSC(=O)N3)CC2)[C@H]1OC. The van der Waals surface area contributed by atoms with E-state index < -0.39 is 6.04 Å². The highest BCUT2D eigenvalue weighted by atomic mass is 32.2. The molecule has 3 atom stereocenters. The number of amides is 3. The Morgan fingerprint density at radius 3 is 2.49 bits per heavy atom. The quantitative estimate of drug-likeness (QED) is 0.662. The van der Waals surface area contributed by atoms with Gasteiger partial charge in [-0.05, 0) is 36.1 Å². The number of nitrogens with zero attached hydrogens (tertiary/aromatic N) is 1. The summed E-state index contributed by atoms with van der Waals surface area (Å²) in [5.41, 5.74) is 2.35. The van der Waals surface area contributed by atoms with E-state index in [9.17, 15) is 14.4 Å². The summed E-state index contributed by atoms with van der Waals surface area (Å²) in [7, 11) is 3.23. The van der Waals surface area contributed by atoms with Crippen LogP contribution >= 0.6 is 11.8 Å². The molecule has 5 rings (SSSR count). The van der Waals surface area contributed by atoms with Crippen LogP contribution in [-0.4, -0.2) is 67.2 Å². The average Bonchev–Trinajstić information content (AvgIpc) is 3.43. The molecule has 0 saturated carbocycles. The fraction of sp³-hybridized carbons (Fsp3) is 0.423. The number of nitrogens with one attached hydrogen (secondary N) is 2. The van der Waals surface area contributed by atoms with Crippen molar-refractivity contribution in [1.29, 1.82) is 0 Å². The molecule has 184 valence electrons. The van der Waals surface area contributed by atoms with Gasteiger partial charge in [0.15, 0.2) is 0 Å². The third-order valence-electron chi connectivity index (χ3n) is 7.51. The van der Waals surface area contributed by atoms with Crippen molar-refractivity contribution in [3.8, 4) is 5.75 Å². The molecule has 0 bridgehead atoms. The van der Waals surface area contributed by atoms with Gasteiger partial charge >= 0.3 is 0 Å². The van der Waals surface area contributed by atoms with Crippen molar-refractivity contribution in [2.75, 3.05) is 33.1 Å². The molecule has 3 aliphatic rings. The summed E-state index contributed by atoms with van der Waals surface area (Å²) in [4.78, 5) is 39.7. The lowest BCUT2D eigenvalue weighted by atomic mass is 9.71. The van der Waals surface area contributed by atoms with Crippen LogP contribution in [0.5, 0.6) is 5.75 Å². The molecule has 2 aromatic rings. The first-order valence-electron chi connectivity index (χ1n) is 11.8. The Kier molecular flexibility index (Phi) is 6.46. The van der Waals surface area contributed by atoms with Gasteiger partial charge in [0.2, 0.25) is 5.91 Å². The van der Waals surface area contributed by atoms with Crippen molar-refractivity contribution in [2.45, 2.75) is 36.4 Å². The van der Waals surface area contributed by atoms with E-state index in [-0.39, 0.29) is 34.6 Å². The van der Waals surface area contributed by atoms with Crippen LogP contribution in [0.25, 0.3) is 0 Å². The maximum Gasteiger partial charge on any atom is 0.279 e. The maximum absolute atomic E-state index is 13.3. The molecule has 0 aromatic heterocycles. The molecule has 2 aliphatic heterocycles. The highest BCUT2D eigenvalue weighted by Crippen LogP contribution is 2.52. The highest BCUT2D eigenvalue weighted by molar-refractivity contribution is 8.14. The first kappa shape index (κ1) is 23.7. The summed E-state index contributed by atoms with van der Waals surface area (Å²) in [6, 6.07) is 14.5. The number of hydrogen-bond acceptors (Lipinski definition) is 6. The average molecular weight is 496 g/mol. The summed E-state index contributed by atoms with van der Waals surface area (Å²) in [6.45, 7) is 1.13. The molecule has 1 aliphatic carbocycles. The Morgan fingerprint density at radius 2 is 1.80 bits per heavy atom. The fourth-order valence-corrected chi connectivity index (χ4v) is 6.61. The Morgan fingerprint density at radius 1 is 1.09 bits per heavy atom. The predicted octanol–water partition coefficient (Wildman–Crippen LogP) is 2.88. The van der Waals surface area contributed by atoms with Crippen molar-refractivity contribution in [3.05, 3.63) is 65.2 Å². The Hall–Kier alpha value is -3.04. The van der Waals surface area contributed by atoms with E-state index >= 15 is 0 Å². The molecule has 3 amide bonds. The molecule has 0 radical (unpaired) electrons. The first-order valence-corrected chi connectivity index (χ1v) is 12.7. The molecule has 9 heteroatoms. The number of ether oxygens (including phenoxy) is 2. The fourth-order valence-electron chi connectivity index (χ4n) is 5.84. The van der Waals surface area contributed by atoms with Crippen LogP contribution < -0.4 is 15.4 Å². The normalized spacial score (nSPS) is 24.7. The Balaban J connectivity index is 1.39. The molecule has 0 unspecified atom stereocenters. The topological polar surface area (TPSA) is 97.0 Å². The van der Waals surface area contributed by atoms with Gasteiger partial charge in [-0.3, -0.25) is 14.4 Å². The van der Waals surface area contributed by atoms with Crippen LogP contribution in [0.3, 0.4) is 0 Å². The van der Waals surface area contributed by atoms with Gasteiger partial charge in [-0.2, -0.15) is 0 Å². The molecular weight excluding hydrogens is 466 g/mol. The van der Waals surface area contributed by atoms with Gasteiger partial charge in [0.1, 0.15) is 11.8 Å². The number of methoxy groups -OCH3 is 2. The van der Waals surface area contributed by atoms with Crippen molar-refractivity contribution < 1.29 is 23.9 Å². The highest BCUT2D eigenvalue weighted by Gasteiger charge is 2.54. The van der Waals surface area contributed by atoms with E-state index in [0.717, 1.165) is 22.9 Å². The molecule has 35 heavy (non-hydrogen) atoms. The van der Waals surface area contributed by atoms with Crippen LogP contribution in [-0.2, 0) is 14.9 Å². The minimum absolute atomic E-state index is 0.0283. The number of likely N-dealkylation sites (tertiary alicyclic amines) is 1. The Bertz CT molecular complexity index is 1150. The third kappa shape index (κ3) is 4.06. The van der Waals surface area contributed by atoms with Crippen LogP contribution in [0, 0.1) is 0 Å². The smallest absolute Gasteiger partial charge is 0.279 e. The lowest BCUT2D eigenvalue weighted by molar-refractivity contribution is -0.135. The third-order valence-corrected chi connectivity index (χ3v) is 8.39. The lowest BCUT2D eigenvalue weighted by Crippen LogP contribution is -2.54. The standard InChI is InChI=1S/C26H29N3O5S/c1-33-20-10-6-4-8-17(20)23(30)28-21-16-7-3-5-9-18(16)26(22(21)34-2)11-13-29(14-12-26)24(31)19-15-35-25(32)27-19/h3-10,19,21-22H,11-15H2,1-2H3,(H,27,32)(H,28,30)/t19-,21+,22-/m0/s1. The Labute approximate surface area is 208 Å². The molecular formula is C26H29N3O5S. The van der Waals surface area contributed by atoms with E-state index in [4.69, 9.17) is 9.47 Å². The number of carbonyl (C=O) groups excluding carboxylic acids is 3. The van der Waals surface area contributed by atoms with Gasteiger partial charge in [-0.25, -0.2) is 0 Å². The van der Waals surface area contributed by atoms with E-state index in [1.54, 1.807) is 26.4 Å². The van der Waals surface area contributed by atoms with Gasteiger partial charge in [-0.15, -0.1) is 0 Å². The van der Waals surface area contributed by atoms with Crippen LogP contribution in [0.15, 0.2) is 48.5 Å². The molecule has 2 fully saturated rings. The molecule has 2 N–H and O–H groups in total. The summed E-state index contributed by atoms with van der Waals surface area (Å²) in [6.07, 6.45) is 1.14. The molecule has 2 saturated heterocycles. The number of hydrogen-bond donors (Lipinski definition) is 2. The predicted molar refractivity (Wildman–Crippen MR) is 133 cm³/mol. The number of carbonyl (C=O) groups is 3. The number of rotatable bonds is 5. The zero-order chi connectivity index (χ0) is 24.6. The zero-order valence-corrected chi connectivity index (χ0v) is 20.6. The van der Waals surface area contributed by atoms with Crippen LogP contribution in [0.2, 0.25) is 0 Å². The van der Waals surface area contributed by atoms with E-state index in [1.165, 1.54) is 0 Å². The number of thioether (sulfide) groups is 1. The van der Waals surface area contributed by atoms with Crippen molar-refractivity contribution in [2.24, 2.45) is 0 Å². The minimum Gasteiger partial charge on any atom is -0.496 e. The minimum atomic E-state index is -0.455. The number of piperidine rings is 1. The molecule has 2 aromatic carbocycles. The molecule has 8 nitrogen and oxygen atoms in total. The van der Waals surface area contributed by atoms with Gasteiger partial charge in [0.25, 0.3) is 11.1 Å². The van der Waals surface area contributed by atoms with Gasteiger partial charge < -0.3 is 25.0 Å². The van der Waals surface area contributed by atoms with E-state index in [1.807, 2.05) is 35.2 Å². The summed E-state index contributed by atoms with van der Waals surface area (Å²) < 4.78 is 11.5. The van der Waals surface area contributed by atoms with Crippen LogP contribution in [0.4, 0.5) is 4.79 Å². The molecule has 1 spiro atoms. The van der Waals surface area contributed by atoms with Gasteiger partial charge in [0, 0.05) is 31.4 Å². The summed E-state index contributed by atoms with van der Waals surface area (Å²) in [5.74, 6) is 0.742. The molecule has 2 heterocycles. The number of fused-ring (bicyclic) bond motifs is 2. The monoisotopic (exact) mass is 495 g/mol. The van der Waals surface area contributed by atoms with Crippen molar-refractivity contribution >= 4 is 28.8 Å². The maximum atomic E-state index is 13.3. The van der Waals surface area contributed by atoms with E-state index in [2.05, 4.69) is 16.7 Å². The second-order valence-corrected chi connectivity index (χ2v) is 10.2.